The lowest BCUT2D eigenvalue weighted by atomic mass is 10.1. The second-order valence-corrected chi connectivity index (χ2v) is 6.17. The third kappa shape index (κ3) is 4.63. The van der Waals surface area contributed by atoms with E-state index >= 15 is 0 Å². The Morgan fingerprint density at radius 2 is 1.84 bits per heavy atom. The molecule has 0 heterocycles. The summed E-state index contributed by atoms with van der Waals surface area (Å²) in [6, 6.07) is 9.54. The molecule has 2 aromatic rings. The summed E-state index contributed by atoms with van der Waals surface area (Å²) >= 11 is 3.22. The van der Waals surface area contributed by atoms with Crippen molar-refractivity contribution >= 4 is 39.2 Å². The van der Waals surface area contributed by atoms with Crippen LogP contribution < -0.4 is 5.32 Å². The van der Waals surface area contributed by atoms with E-state index in [9.17, 15) is 19.7 Å². The van der Waals surface area contributed by atoms with Crippen LogP contribution in [0.2, 0.25) is 0 Å². The summed E-state index contributed by atoms with van der Waals surface area (Å²) in [5.74, 6) is -1.33. The zero-order chi connectivity index (χ0) is 18.6. The maximum atomic E-state index is 12.0. The molecule has 0 radical (unpaired) electrons. The molecule has 0 aliphatic heterocycles. The molecule has 0 aromatic heterocycles. The standard InChI is InChI=1S/C17H15BrN2O5/c1-10-7-14(15(20(23)24)8-11(10)2)19-16(21)9-25-17(22)12-5-3-4-6-13(12)18/h3-8H,9H2,1-2H3,(H,19,21). The number of nitro groups is 1. The minimum atomic E-state index is -0.669. The fourth-order valence-electron chi connectivity index (χ4n) is 2.07. The SMILES string of the molecule is Cc1cc(NC(=O)COC(=O)c2ccccc2Br)c([N+](=O)[O-])cc1C. The number of rotatable bonds is 5. The minimum Gasteiger partial charge on any atom is -0.452 e. The predicted molar refractivity (Wildman–Crippen MR) is 95.6 cm³/mol. The van der Waals surface area contributed by atoms with E-state index in [2.05, 4.69) is 21.2 Å². The molecule has 0 aliphatic carbocycles. The number of carbonyl (C=O) groups is 2. The number of hydrogen-bond donors (Lipinski definition) is 1. The third-order valence-corrected chi connectivity index (χ3v) is 4.20. The van der Waals surface area contributed by atoms with Crippen LogP contribution in [0.25, 0.3) is 0 Å². The zero-order valence-corrected chi connectivity index (χ0v) is 15.1. The molecule has 0 unspecified atom stereocenters. The second kappa shape index (κ2) is 7.89. The van der Waals surface area contributed by atoms with Crippen LogP contribution in [0.1, 0.15) is 21.5 Å². The molecule has 0 bridgehead atoms. The summed E-state index contributed by atoms with van der Waals surface area (Å²) in [5.41, 5.74) is 1.67. The number of carbonyl (C=O) groups excluding carboxylic acids is 2. The molecule has 0 spiro atoms. The van der Waals surface area contributed by atoms with Crippen LogP contribution in [0, 0.1) is 24.0 Å². The number of hydrogen-bond acceptors (Lipinski definition) is 5. The first-order valence-electron chi connectivity index (χ1n) is 7.26. The smallest absolute Gasteiger partial charge is 0.339 e. The van der Waals surface area contributed by atoms with Crippen molar-refractivity contribution in [2.75, 3.05) is 11.9 Å². The van der Waals surface area contributed by atoms with Gasteiger partial charge in [0, 0.05) is 10.5 Å². The monoisotopic (exact) mass is 406 g/mol. The third-order valence-electron chi connectivity index (χ3n) is 3.51. The van der Waals surface area contributed by atoms with Crippen molar-refractivity contribution in [2.45, 2.75) is 13.8 Å². The lowest BCUT2D eigenvalue weighted by molar-refractivity contribution is -0.384. The van der Waals surface area contributed by atoms with Gasteiger partial charge in [-0.1, -0.05) is 12.1 Å². The molecule has 2 aromatic carbocycles. The Labute approximate surface area is 152 Å². The fourth-order valence-corrected chi connectivity index (χ4v) is 2.52. The van der Waals surface area contributed by atoms with Gasteiger partial charge in [0.15, 0.2) is 6.61 Å². The van der Waals surface area contributed by atoms with Gasteiger partial charge >= 0.3 is 5.97 Å². The molecule has 0 saturated heterocycles. The first kappa shape index (κ1) is 18.6. The average molecular weight is 407 g/mol. The largest absolute Gasteiger partial charge is 0.452 e. The molecule has 8 heteroatoms. The maximum Gasteiger partial charge on any atom is 0.339 e. The molecule has 0 atom stereocenters. The number of nitrogens with zero attached hydrogens (tertiary/aromatic N) is 1. The van der Waals surface area contributed by atoms with Gasteiger partial charge in [-0.25, -0.2) is 4.79 Å². The van der Waals surface area contributed by atoms with Crippen molar-refractivity contribution in [1.29, 1.82) is 0 Å². The summed E-state index contributed by atoms with van der Waals surface area (Å²) in [7, 11) is 0. The van der Waals surface area contributed by atoms with E-state index in [1.165, 1.54) is 12.1 Å². The predicted octanol–water partition coefficient (Wildman–Crippen LogP) is 3.77. The van der Waals surface area contributed by atoms with Gasteiger partial charge in [0.1, 0.15) is 5.69 Å². The van der Waals surface area contributed by atoms with Gasteiger partial charge in [-0.05, 0) is 59.1 Å². The molecule has 7 nitrogen and oxygen atoms in total. The van der Waals surface area contributed by atoms with E-state index < -0.39 is 23.4 Å². The molecule has 0 aliphatic rings. The van der Waals surface area contributed by atoms with E-state index in [0.29, 0.717) is 4.47 Å². The van der Waals surface area contributed by atoms with Crippen LogP contribution in [0.3, 0.4) is 0 Å². The van der Waals surface area contributed by atoms with E-state index in [4.69, 9.17) is 4.74 Å². The normalized spacial score (nSPS) is 10.2. The molecule has 1 amide bonds. The Kier molecular flexibility index (Phi) is 5.87. The Bertz CT molecular complexity index is 851. The van der Waals surface area contributed by atoms with Crippen LogP contribution in [0.4, 0.5) is 11.4 Å². The van der Waals surface area contributed by atoms with Gasteiger partial charge in [0.25, 0.3) is 11.6 Å². The summed E-state index contributed by atoms with van der Waals surface area (Å²) in [6.45, 7) is 2.97. The number of halogens is 1. The number of benzene rings is 2. The van der Waals surface area contributed by atoms with E-state index in [1.54, 1.807) is 38.1 Å². The number of esters is 1. The average Bonchev–Trinajstić information content (AvgIpc) is 2.56. The van der Waals surface area contributed by atoms with Crippen molar-refractivity contribution in [1.82, 2.24) is 0 Å². The van der Waals surface area contributed by atoms with Crippen LogP contribution >= 0.6 is 15.9 Å². The first-order chi connectivity index (χ1) is 11.8. The molecule has 0 saturated carbocycles. The van der Waals surface area contributed by atoms with Crippen LogP contribution in [0.5, 0.6) is 0 Å². The Hall–Kier alpha value is -2.74. The highest BCUT2D eigenvalue weighted by molar-refractivity contribution is 9.10. The minimum absolute atomic E-state index is 0.0649. The van der Waals surface area contributed by atoms with E-state index in [-0.39, 0.29) is 16.9 Å². The number of anilines is 1. The van der Waals surface area contributed by atoms with Crippen molar-refractivity contribution in [3.63, 3.8) is 0 Å². The molecule has 130 valence electrons. The van der Waals surface area contributed by atoms with Gasteiger partial charge in [0.2, 0.25) is 0 Å². The van der Waals surface area contributed by atoms with Gasteiger partial charge < -0.3 is 10.1 Å². The fraction of sp³-hybridized carbons (Fsp3) is 0.176. The number of nitrogens with one attached hydrogen (secondary N) is 1. The molecule has 0 fully saturated rings. The highest BCUT2D eigenvalue weighted by Gasteiger charge is 2.19. The summed E-state index contributed by atoms with van der Waals surface area (Å²) < 4.78 is 5.49. The van der Waals surface area contributed by atoms with Gasteiger partial charge in [0.05, 0.1) is 10.5 Å². The Morgan fingerprint density at radius 3 is 2.48 bits per heavy atom. The van der Waals surface area contributed by atoms with Crippen molar-refractivity contribution in [2.24, 2.45) is 0 Å². The molecular formula is C17H15BrN2O5. The molecule has 25 heavy (non-hydrogen) atoms. The van der Waals surface area contributed by atoms with Gasteiger partial charge in [-0.3, -0.25) is 14.9 Å². The number of aryl methyl sites for hydroxylation is 2. The van der Waals surface area contributed by atoms with Gasteiger partial charge in [-0.2, -0.15) is 0 Å². The summed E-state index contributed by atoms with van der Waals surface area (Å²) in [6.07, 6.45) is 0. The first-order valence-corrected chi connectivity index (χ1v) is 8.06. The Morgan fingerprint density at radius 1 is 1.20 bits per heavy atom. The van der Waals surface area contributed by atoms with E-state index in [1.807, 2.05) is 0 Å². The highest BCUT2D eigenvalue weighted by Crippen LogP contribution is 2.27. The lowest BCUT2D eigenvalue weighted by Crippen LogP contribution is -2.21. The summed E-state index contributed by atoms with van der Waals surface area (Å²) in [5, 5.41) is 13.5. The van der Waals surface area contributed by atoms with E-state index in [0.717, 1.165) is 11.1 Å². The van der Waals surface area contributed by atoms with Crippen LogP contribution in [-0.4, -0.2) is 23.4 Å². The van der Waals surface area contributed by atoms with Gasteiger partial charge in [-0.15, -0.1) is 0 Å². The quantitative estimate of drug-likeness (QED) is 0.462. The zero-order valence-electron chi connectivity index (χ0n) is 13.5. The maximum absolute atomic E-state index is 12.0. The van der Waals surface area contributed by atoms with Crippen LogP contribution in [-0.2, 0) is 9.53 Å². The van der Waals surface area contributed by atoms with Crippen molar-refractivity contribution < 1.29 is 19.2 Å². The molecule has 2 rings (SSSR count). The highest BCUT2D eigenvalue weighted by atomic mass is 79.9. The number of ether oxygens (including phenoxy) is 1. The van der Waals surface area contributed by atoms with Crippen LogP contribution in [0.15, 0.2) is 40.9 Å². The number of nitro benzene ring substituents is 1. The number of amides is 1. The summed E-state index contributed by atoms with van der Waals surface area (Å²) in [4.78, 5) is 34.5. The van der Waals surface area contributed by atoms with Crippen molar-refractivity contribution in [3.05, 3.63) is 67.7 Å². The molecular weight excluding hydrogens is 392 g/mol. The lowest BCUT2D eigenvalue weighted by Gasteiger charge is -2.10. The molecule has 1 N–H and O–H groups in total. The topological polar surface area (TPSA) is 98.5 Å². The second-order valence-electron chi connectivity index (χ2n) is 5.31. The Balaban J connectivity index is 2.06. The van der Waals surface area contributed by atoms with Crippen molar-refractivity contribution in [3.8, 4) is 0 Å².